The molecule has 0 saturated carbocycles. The van der Waals surface area contributed by atoms with Crippen LogP contribution in [-0.4, -0.2) is 18.0 Å². The van der Waals surface area contributed by atoms with Gasteiger partial charge in [0.25, 0.3) is 5.91 Å². The third-order valence-electron chi connectivity index (χ3n) is 4.57. The molecule has 0 bridgehead atoms. The molecule has 0 aromatic heterocycles. The van der Waals surface area contributed by atoms with E-state index in [-0.39, 0.29) is 0 Å². The van der Waals surface area contributed by atoms with Crippen molar-refractivity contribution in [1.82, 2.24) is 5.43 Å². The topological polar surface area (TPSA) is 79.8 Å². The highest BCUT2D eigenvalue weighted by molar-refractivity contribution is 9.11. The highest BCUT2D eigenvalue weighted by atomic mass is 79.9. The minimum atomic E-state index is -0.921. The monoisotopic (exact) mass is 635 g/mol. The van der Waals surface area contributed by atoms with Gasteiger partial charge >= 0.3 is 0 Å². The van der Waals surface area contributed by atoms with Gasteiger partial charge in [0.2, 0.25) is 5.91 Å². The zero-order valence-corrected chi connectivity index (χ0v) is 22.3. The zero-order valence-electron chi connectivity index (χ0n) is 17.5. The predicted molar refractivity (Wildman–Crippen MR) is 140 cm³/mol. The van der Waals surface area contributed by atoms with Crippen molar-refractivity contribution in [2.75, 3.05) is 5.32 Å². The molecule has 0 spiro atoms. The Morgan fingerprint density at radius 1 is 0.970 bits per heavy atom. The molecule has 2 amide bonds. The van der Waals surface area contributed by atoms with E-state index < -0.39 is 17.7 Å². The normalized spacial score (nSPS) is 11.8. The third kappa shape index (κ3) is 7.52. The minimum absolute atomic E-state index is 0.426. The largest absolute Gasteiger partial charge is 0.488 e. The molecule has 0 aliphatic carbocycles. The van der Waals surface area contributed by atoms with E-state index in [1.165, 1.54) is 13.1 Å². The average molecular weight is 638 g/mol. The number of nitrogens with one attached hydrogen (secondary N) is 2. The van der Waals surface area contributed by atoms with E-state index in [1.807, 2.05) is 48.5 Å². The molecule has 3 aromatic rings. The summed E-state index contributed by atoms with van der Waals surface area (Å²) in [5, 5.41) is 6.68. The van der Waals surface area contributed by atoms with Crippen LogP contribution in [-0.2, 0) is 16.2 Å². The van der Waals surface area contributed by atoms with Gasteiger partial charge in [-0.15, -0.1) is 0 Å². The summed E-state index contributed by atoms with van der Waals surface area (Å²) in [5.74, 6) is -1.17. The molecule has 2 N–H and O–H groups in total. The molecule has 0 radical (unpaired) electrons. The summed E-state index contributed by atoms with van der Waals surface area (Å²) in [5.41, 5.74) is 4.81. The number of hydrogen-bond acceptors (Lipinski definition) is 4. The number of amides is 2. The number of nitrogens with zero attached hydrogens (tertiary/aromatic N) is 1. The molecule has 6 nitrogen and oxygen atoms in total. The molecule has 0 fully saturated rings. The van der Waals surface area contributed by atoms with E-state index in [0.717, 1.165) is 24.5 Å². The maximum Gasteiger partial charge on any atom is 0.252 e. The fraction of sp³-hybridized carbons (Fsp3) is 0.125. The summed E-state index contributed by atoms with van der Waals surface area (Å²) in [4.78, 5) is 24.6. The van der Waals surface area contributed by atoms with Crippen LogP contribution in [0.25, 0.3) is 0 Å². The molecule has 33 heavy (non-hydrogen) atoms. The Bertz CT molecular complexity index is 1170. The number of ether oxygens (including phenoxy) is 1. The lowest BCUT2D eigenvalue weighted by Gasteiger charge is -2.12. The molecule has 3 aromatic carbocycles. The number of hydrazone groups is 1. The van der Waals surface area contributed by atoms with Crippen LogP contribution in [0.4, 0.5) is 5.69 Å². The second kappa shape index (κ2) is 12.1. The SMILES string of the molecule is CC(C(=O)NN=Cc1ccc(OCc2ccc(Br)cc2)c(Br)c1)C(=O)Nc1ccccc1Br. The summed E-state index contributed by atoms with van der Waals surface area (Å²) >= 11 is 10.3. The van der Waals surface area contributed by atoms with Gasteiger partial charge in [-0.3, -0.25) is 9.59 Å². The van der Waals surface area contributed by atoms with Crippen LogP contribution in [0.5, 0.6) is 5.75 Å². The molecular formula is C24H20Br3N3O3. The standard InChI is InChI=1S/C24H20Br3N3O3/c1-15(23(31)29-21-5-3-2-4-19(21)26)24(32)30-28-13-17-8-11-22(20(27)12-17)33-14-16-6-9-18(25)10-7-16/h2-13,15H,14H2,1H3,(H,29,31)(H,30,32). The minimum Gasteiger partial charge on any atom is -0.488 e. The number of benzene rings is 3. The number of anilines is 1. The van der Waals surface area contributed by atoms with E-state index in [4.69, 9.17) is 4.74 Å². The summed E-state index contributed by atoms with van der Waals surface area (Å²) in [6.45, 7) is 1.96. The lowest BCUT2D eigenvalue weighted by atomic mass is 10.1. The van der Waals surface area contributed by atoms with Crippen molar-refractivity contribution in [3.8, 4) is 5.75 Å². The molecule has 3 rings (SSSR count). The van der Waals surface area contributed by atoms with Gasteiger partial charge in [0, 0.05) is 8.95 Å². The van der Waals surface area contributed by atoms with Gasteiger partial charge in [0.1, 0.15) is 18.3 Å². The van der Waals surface area contributed by atoms with Crippen molar-refractivity contribution in [3.05, 3.63) is 91.3 Å². The molecule has 0 saturated heterocycles. The van der Waals surface area contributed by atoms with Gasteiger partial charge in [-0.2, -0.15) is 5.10 Å². The molecule has 0 aliphatic rings. The van der Waals surface area contributed by atoms with Gasteiger partial charge in [-0.1, -0.05) is 40.2 Å². The summed E-state index contributed by atoms with van der Waals surface area (Å²) in [6.07, 6.45) is 1.50. The zero-order chi connectivity index (χ0) is 23.8. The van der Waals surface area contributed by atoms with Crippen LogP contribution in [0.3, 0.4) is 0 Å². The van der Waals surface area contributed by atoms with Crippen molar-refractivity contribution < 1.29 is 14.3 Å². The second-order valence-corrected chi connectivity index (χ2v) is 9.65. The first-order chi connectivity index (χ1) is 15.8. The molecule has 1 unspecified atom stereocenters. The van der Waals surface area contributed by atoms with Gasteiger partial charge in [0.15, 0.2) is 0 Å². The fourth-order valence-electron chi connectivity index (χ4n) is 2.65. The average Bonchev–Trinajstić information content (AvgIpc) is 2.80. The van der Waals surface area contributed by atoms with Crippen molar-refractivity contribution in [2.45, 2.75) is 13.5 Å². The van der Waals surface area contributed by atoms with Crippen LogP contribution in [0.2, 0.25) is 0 Å². The molecular weight excluding hydrogens is 618 g/mol. The smallest absolute Gasteiger partial charge is 0.252 e. The van der Waals surface area contributed by atoms with Crippen molar-refractivity contribution in [1.29, 1.82) is 0 Å². The first-order valence-electron chi connectivity index (χ1n) is 9.88. The Kier molecular flexibility index (Phi) is 9.22. The number of para-hydroxylation sites is 1. The molecule has 170 valence electrons. The number of carbonyl (C=O) groups is 2. The Balaban J connectivity index is 1.52. The maximum atomic E-state index is 12.3. The first-order valence-corrected chi connectivity index (χ1v) is 12.3. The molecule has 0 heterocycles. The number of halogens is 3. The summed E-state index contributed by atoms with van der Waals surface area (Å²) < 4.78 is 8.36. The third-order valence-corrected chi connectivity index (χ3v) is 6.41. The Labute approximate surface area is 217 Å². The van der Waals surface area contributed by atoms with Crippen LogP contribution >= 0.6 is 47.8 Å². The highest BCUT2D eigenvalue weighted by Gasteiger charge is 2.21. The van der Waals surface area contributed by atoms with Crippen LogP contribution < -0.4 is 15.5 Å². The van der Waals surface area contributed by atoms with Crippen molar-refractivity contribution in [3.63, 3.8) is 0 Å². The van der Waals surface area contributed by atoms with E-state index in [1.54, 1.807) is 18.2 Å². The highest BCUT2D eigenvalue weighted by Crippen LogP contribution is 2.26. The molecule has 0 aliphatic heterocycles. The Morgan fingerprint density at radius 2 is 1.70 bits per heavy atom. The van der Waals surface area contributed by atoms with Gasteiger partial charge in [-0.05, 0) is 92.4 Å². The molecule has 1 atom stereocenters. The van der Waals surface area contributed by atoms with Crippen LogP contribution in [0, 0.1) is 5.92 Å². The van der Waals surface area contributed by atoms with Gasteiger partial charge in [0.05, 0.1) is 16.4 Å². The first kappa shape index (κ1) is 25.1. The number of carbonyl (C=O) groups excluding carboxylic acids is 2. The second-order valence-electron chi connectivity index (χ2n) is 7.03. The summed E-state index contributed by atoms with van der Waals surface area (Å²) in [6, 6.07) is 20.6. The number of hydrogen-bond donors (Lipinski definition) is 2. The lowest BCUT2D eigenvalue weighted by molar-refractivity contribution is -0.131. The van der Waals surface area contributed by atoms with Crippen LogP contribution in [0.1, 0.15) is 18.1 Å². The van der Waals surface area contributed by atoms with E-state index in [9.17, 15) is 9.59 Å². The maximum absolute atomic E-state index is 12.3. The fourth-order valence-corrected chi connectivity index (χ4v) is 3.81. The van der Waals surface area contributed by atoms with Crippen molar-refractivity contribution >= 4 is 71.5 Å². The lowest BCUT2D eigenvalue weighted by Crippen LogP contribution is -2.34. The van der Waals surface area contributed by atoms with E-state index in [0.29, 0.717) is 18.0 Å². The molecule has 9 heteroatoms. The van der Waals surface area contributed by atoms with E-state index >= 15 is 0 Å². The summed E-state index contributed by atoms with van der Waals surface area (Å²) in [7, 11) is 0. The quantitative estimate of drug-likeness (QED) is 0.173. The number of rotatable bonds is 8. The van der Waals surface area contributed by atoms with E-state index in [2.05, 4.69) is 63.6 Å². The van der Waals surface area contributed by atoms with Gasteiger partial charge < -0.3 is 10.1 Å². The Hall–Kier alpha value is -2.49. The van der Waals surface area contributed by atoms with Gasteiger partial charge in [-0.25, -0.2) is 5.43 Å². The van der Waals surface area contributed by atoms with Crippen molar-refractivity contribution in [2.24, 2.45) is 11.0 Å². The predicted octanol–water partition coefficient (Wildman–Crippen LogP) is 6.28. The Morgan fingerprint density at radius 3 is 2.39 bits per heavy atom. The van der Waals surface area contributed by atoms with Crippen LogP contribution in [0.15, 0.2) is 85.2 Å².